The van der Waals surface area contributed by atoms with Gasteiger partial charge in [-0.05, 0) is 0 Å². The molecule has 0 unspecified atom stereocenters. The molecule has 0 aromatic carbocycles. The Hall–Kier alpha value is 0.0925. The first kappa shape index (κ1) is 16.0. The molecule has 0 rings (SSSR count). The molecule has 9 heavy (non-hydrogen) atoms. The molecule has 0 aliphatic rings. The van der Waals surface area contributed by atoms with E-state index in [9.17, 15) is 0 Å². The summed E-state index contributed by atoms with van der Waals surface area (Å²) < 4.78 is 0. The van der Waals surface area contributed by atoms with Crippen LogP contribution in [0.25, 0.3) is 0 Å². The fourth-order valence-corrected chi connectivity index (χ4v) is 0. The van der Waals surface area contributed by atoms with E-state index in [0.717, 1.165) is 0 Å². The molecular weight excluding hydrogens is 199 g/mol. The monoisotopic (exact) mass is 204 g/mol. The second-order valence-electron chi connectivity index (χ2n) is 0.506. The summed E-state index contributed by atoms with van der Waals surface area (Å²) in [5, 5.41) is 14.6. The minimum absolute atomic E-state index is 0.181. The van der Waals surface area contributed by atoms with Crippen LogP contribution in [-0.4, -0.2) is 0 Å². The fraction of sp³-hybridized carbons (Fsp3) is 0.500. The first-order chi connectivity index (χ1) is 4.24. The number of rotatable bonds is 0. The maximum absolute atomic E-state index is 7.32. The topological polar surface area (TPSA) is 47.6 Å². The van der Waals surface area contributed by atoms with E-state index in [1.54, 1.807) is 12.1 Å². The molecule has 5 heteroatoms. The summed E-state index contributed by atoms with van der Waals surface area (Å²) in [6, 6.07) is 3.50. The average molecular weight is 205 g/mol. The van der Waals surface area contributed by atoms with Crippen LogP contribution >= 0.6 is 20.1 Å². The number of nitriles is 2. The van der Waals surface area contributed by atoms with Crippen LogP contribution in [0.5, 0.6) is 0 Å². The second kappa shape index (κ2) is 42.6. The van der Waals surface area contributed by atoms with Gasteiger partial charge >= 0.3 is 33.5 Å². The van der Waals surface area contributed by atoms with Crippen molar-refractivity contribution in [3.63, 3.8) is 0 Å². The number of halogens is 2. The Kier molecular flexibility index (Phi) is 75.9. The summed E-state index contributed by atoms with van der Waals surface area (Å²) >= 11 is -0.181. The van der Waals surface area contributed by atoms with Gasteiger partial charge in [-0.1, -0.05) is 0 Å². The predicted octanol–water partition coefficient (Wildman–Crippen LogP) is 2.44. The quantitative estimate of drug-likeness (QED) is 0.609. The molecule has 0 N–H and O–H groups in total. The van der Waals surface area contributed by atoms with Crippen LogP contribution in [0.3, 0.4) is 0 Å². The molecule has 0 aromatic heterocycles. The van der Waals surface area contributed by atoms with Gasteiger partial charge in [0.15, 0.2) is 0 Å². The van der Waals surface area contributed by atoms with Gasteiger partial charge in [0.25, 0.3) is 0 Å². The van der Waals surface area contributed by atoms with Crippen molar-refractivity contribution >= 4 is 20.1 Å². The molecular formula is C4H6Cl2CrN2. The maximum atomic E-state index is 7.32. The van der Waals surface area contributed by atoms with Crippen molar-refractivity contribution in [2.75, 3.05) is 0 Å². The van der Waals surface area contributed by atoms with Gasteiger partial charge in [-0.3, -0.25) is 0 Å². The Morgan fingerprint density at radius 2 is 1.11 bits per heavy atom. The van der Waals surface area contributed by atoms with Gasteiger partial charge in [0.1, 0.15) is 0 Å². The van der Waals surface area contributed by atoms with E-state index in [0.29, 0.717) is 0 Å². The third-order valence-corrected chi connectivity index (χ3v) is 0. The Labute approximate surface area is 70.1 Å². The Bertz CT molecular complexity index is 81.7. The van der Waals surface area contributed by atoms with E-state index in [4.69, 9.17) is 30.6 Å². The molecule has 0 fully saturated rings. The van der Waals surface area contributed by atoms with Gasteiger partial charge in [-0.2, -0.15) is 10.5 Å². The van der Waals surface area contributed by atoms with Crippen LogP contribution in [0, 0.1) is 22.7 Å². The van der Waals surface area contributed by atoms with E-state index in [2.05, 4.69) is 0 Å². The molecule has 0 heterocycles. The van der Waals surface area contributed by atoms with Crippen molar-refractivity contribution in [1.29, 1.82) is 10.5 Å². The molecule has 0 bridgehead atoms. The molecule has 0 saturated carbocycles. The van der Waals surface area contributed by atoms with Crippen molar-refractivity contribution in [2.24, 2.45) is 0 Å². The van der Waals surface area contributed by atoms with Gasteiger partial charge in [-0.25, -0.2) is 0 Å². The molecule has 0 aliphatic carbocycles. The van der Waals surface area contributed by atoms with E-state index in [1.807, 2.05) is 0 Å². The van der Waals surface area contributed by atoms with Gasteiger partial charge in [-0.15, -0.1) is 0 Å². The molecule has 0 saturated heterocycles. The molecule has 0 amide bonds. The van der Waals surface area contributed by atoms with Gasteiger partial charge in [0.2, 0.25) is 0 Å². The zero-order valence-corrected chi connectivity index (χ0v) is 7.85. The third kappa shape index (κ3) is 35100. The first-order valence-corrected chi connectivity index (χ1v) is 5.26. The van der Waals surface area contributed by atoms with Crippen molar-refractivity contribution < 1.29 is 13.4 Å². The normalized spacial score (nSPS) is 3.78. The van der Waals surface area contributed by atoms with Crippen LogP contribution in [0.15, 0.2) is 0 Å². The second-order valence-corrected chi connectivity index (χ2v) is 2.61. The summed E-state index contributed by atoms with van der Waals surface area (Å²) in [6.45, 7) is 2.86. The van der Waals surface area contributed by atoms with Crippen LogP contribution in [0.4, 0.5) is 0 Å². The van der Waals surface area contributed by atoms with Crippen LogP contribution < -0.4 is 0 Å². The van der Waals surface area contributed by atoms with E-state index < -0.39 is 0 Å². The predicted molar refractivity (Wildman–Crippen MR) is 34.3 cm³/mol. The van der Waals surface area contributed by atoms with Gasteiger partial charge in [0, 0.05) is 13.8 Å². The Morgan fingerprint density at radius 3 is 1.11 bits per heavy atom. The Balaban J connectivity index is -0.0000000600. The molecule has 0 radical (unpaired) electrons. The summed E-state index contributed by atoms with van der Waals surface area (Å²) in [6.07, 6.45) is 0. The van der Waals surface area contributed by atoms with Crippen LogP contribution in [0.2, 0.25) is 0 Å². The zero-order chi connectivity index (χ0) is 8.12. The number of nitrogens with zero attached hydrogens (tertiary/aromatic N) is 2. The summed E-state index contributed by atoms with van der Waals surface area (Å²) in [4.78, 5) is 0. The molecule has 0 spiro atoms. The van der Waals surface area contributed by atoms with E-state index >= 15 is 0 Å². The van der Waals surface area contributed by atoms with Crippen molar-refractivity contribution in [3.05, 3.63) is 0 Å². The number of hydrogen-bond donors (Lipinski definition) is 0. The molecule has 0 aromatic rings. The minimum atomic E-state index is -0.181. The Morgan fingerprint density at radius 1 is 1.11 bits per heavy atom. The first-order valence-electron chi connectivity index (χ1n) is 1.76. The summed E-state index contributed by atoms with van der Waals surface area (Å²) in [5.41, 5.74) is 0. The molecule has 0 aliphatic heterocycles. The fourth-order valence-electron chi connectivity index (χ4n) is 0. The summed E-state index contributed by atoms with van der Waals surface area (Å²) in [7, 11) is 9.65. The van der Waals surface area contributed by atoms with Crippen LogP contribution in [-0.2, 0) is 13.4 Å². The average Bonchev–Trinajstić information content (AvgIpc) is 1.70. The van der Waals surface area contributed by atoms with Crippen LogP contribution in [0.1, 0.15) is 13.8 Å². The van der Waals surface area contributed by atoms with Gasteiger partial charge in [0.05, 0.1) is 12.1 Å². The van der Waals surface area contributed by atoms with Gasteiger partial charge < -0.3 is 0 Å². The van der Waals surface area contributed by atoms with E-state index in [1.165, 1.54) is 13.8 Å². The molecule has 0 atom stereocenters. The van der Waals surface area contributed by atoms with E-state index in [-0.39, 0.29) is 13.4 Å². The molecule has 52 valence electrons. The number of hydrogen-bond acceptors (Lipinski definition) is 2. The standard InChI is InChI=1S/2C2H3N.2ClH.Cr/c2*1-2-3;;;/h2*1H3;2*1H;/q;;;;+2/p-2. The van der Waals surface area contributed by atoms with Crippen molar-refractivity contribution in [2.45, 2.75) is 13.8 Å². The third-order valence-electron chi connectivity index (χ3n) is 0. The summed E-state index contributed by atoms with van der Waals surface area (Å²) in [5.74, 6) is 0. The SMILES string of the molecule is CC#N.CC#N.[Cl][Cr][Cl]. The van der Waals surface area contributed by atoms with Crippen molar-refractivity contribution in [3.8, 4) is 12.1 Å². The zero-order valence-electron chi connectivity index (χ0n) is 5.06. The van der Waals surface area contributed by atoms with Crippen molar-refractivity contribution in [1.82, 2.24) is 0 Å². The molecule has 2 nitrogen and oxygen atoms in total.